The topological polar surface area (TPSA) is 127 Å². The minimum Gasteiger partial charge on any atom is -0.504 e. The molecule has 0 unspecified atom stereocenters. The molecule has 1 N–H and O–H groups in total. The van der Waals surface area contributed by atoms with Gasteiger partial charge >= 0.3 is 0 Å². The lowest BCUT2D eigenvalue weighted by Gasteiger charge is -2.41. The first kappa shape index (κ1) is 29.6. The van der Waals surface area contributed by atoms with Gasteiger partial charge in [0.2, 0.25) is 17.7 Å². The largest absolute Gasteiger partial charge is 0.504 e. The van der Waals surface area contributed by atoms with E-state index >= 15 is 0 Å². The number of Topliss-reactive ketones (excluding diaryl/α,β-unsaturated/α-hetero) is 1. The van der Waals surface area contributed by atoms with Crippen LogP contribution in [0.1, 0.15) is 25.3 Å². The first-order chi connectivity index (χ1) is 23.2. The number of hydrogen-bond donors (Lipinski definition) is 1. The fourth-order valence-electron chi connectivity index (χ4n) is 7.65. The molecule has 0 bridgehead atoms. The number of benzene rings is 3. The van der Waals surface area contributed by atoms with Crippen LogP contribution in [0.15, 0.2) is 112 Å². The number of para-hydroxylation sites is 2. The molecule has 0 saturated carbocycles. The Bertz CT molecular complexity index is 2170. The van der Waals surface area contributed by atoms with Gasteiger partial charge in [0.25, 0.3) is 0 Å². The third-order valence-corrected chi connectivity index (χ3v) is 9.96. The molecule has 2 amide bonds. The van der Waals surface area contributed by atoms with Crippen molar-refractivity contribution in [2.75, 3.05) is 12.0 Å². The van der Waals surface area contributed by atoms with Crippen LogP contribution in [-0.2, 0) is 19.2 Å². The van der Waals surface area contributed by atoms with Crippen LogP contribution in [0.4, 0.5) is 5.69 Å². The maximum absolute atomic E-state index is 14.2. The zero-order valence-electron chi connectivity index (χ0n) is 26.2. The summed E-state index contributed by atoms with van der Waals surface area (Å²) >= 11 is 0. The number of aromatic hydroxyl groups is 1. The molecule has 8 rings (SSSR count). The molecule has 238 valence electrons. The number of hydrogen-bond acceptors (Lipinski definition) is 8. The highest BCUT2D eigenvalue weighted by Gasteiger charge is 2.56. The Balaban J connectivity index is 1.13. The van der Waals surface area contributed by atoms with Gasteiger partial charge in [-0.25, -0.2) is 4.98 Å². The molecule has 3 aromatic carbocycles. The summed E-state index contributed by atoms with van der Waals surface area (Å²) in [6.45, 7) is 1.64. The Hall–Kier alpha value is -5.83. The monoisotopic (exact) mass is 638 g/mol. The number of oxazole rings is 1. The van der Waals surface area contributed by atoms with E-state index in [0.29, 0.717) is 51.6 Å². The molecular weight excluding hydrogens is 608 g/mol. The van der Waals surface area contributed by atoms with Crippen molar-refractivity contribution in [1.82, 2.24) is 4.98 Å². The van der Waals surface area contributed by atoms with Crippen LogP contribution in [0.2, 0.25) is 0 Å². The summed E-state index contributed by atoms with van der Waals surface area (Å²) in [5, 5.41) is 10.1. The molecule has 9 heteroatoms. The van der Waals surface area contributed by atoms with E-state index in [2.05, 4.69) is 4.98 Å². The predicted molar refractivity (Wildman–Crippen MR) is 178 cm³/mol. The fourth-order valence-corrected chi connectivity index (χ4v) is 7.65. The number of anilines is 1. The van der Waals surface area contributed by atoms with Crippen LogP contribution in [0.25, 0.3) is 28.6 Å². The molecule has 1 fully saturated rings. The Morgan fingerprint density at radius 2 is 1.77 bits per heavy atom. The van der Waals surface area contributed by atoms with Crippen molar-refractivity contribution in [2.24, 2.45) is 23.7 Å². The molecule has 9 nitrogen and oxygen atoms in total. The van der Waals surface area contributed by atoms with Gasteiger partial charge in [0.15, 0.2) is 28.6 Å². The zero-order valence-corrected chi connectivity index (χ0v) is 26.2. The van der Waals surface area contributed by atoms with E-state index in [9.17, 15) is 24.3 Å². The number of aromatic nitrogens is 1. The number of amides is 2. The summed E-state index contributed by atoms with van der Waals surface area (Å²) in [6, 6.07) is 19.4. The second-order valence-electron chi connectivity index (χ2n) is 12.6. The number of imide groups is 1. The highest BCUT2D eigenvalue weighted by molar-refractivity contribution is 6.24. The van der Waals surface area contributed by atoms with Gasteiger partial charge in [-0.05, 0) is 85.9 Å². The van der Waals surface area contributed by atoms with Crippen LogP contribution in [0.5, 0.6) is 11.5 Å². The summed E-state index contributed by atoms with van der Waals surface area (Å²) in [5.41, 5.74) is 5.35. The third-order valence-electron chi connectivity index (χ3n) is 9.96. The van der Waals surface area contributed by atoms with Crippen molar-refractivity contribution in [2.45, 2.75) is 19.8 Å². The van der Waals surface area contributed by atoms with Crippen LogP contribution in [-0.4, -0.2) is 40.6 Å². The van der Waals surface area contributed by atoms with E-state index in [1.54, 1.807) is 43.3 Å². The lowest BCUT2D eigenvalue weighted by Crippen LogP contribution is -2.40. The number of ether oxygens (including phenoxy) is 1. The summed E-state index contributed by atoms with van der Waals surface area (Å²) in [4.78, 5) is 60.9. The minimum atomic E-state index is -0.678. The Labute approximate surface area is 275 Å². The summed E-state index contributed by atoms with van der Waals surface area (Å²) in [5.74, 6) is -2.54. The molecule has 2 heterocycles. The maximum atomic E-state index is 14.2. The van der Waals surface area contributed by atoms with Gasteiger partial charge in [-0.2, -0.15) is 0 Å². The number of allylic oxidation sites excluding steroid dienone is 7. The standard InChI is InChI=1S/C39H30N2O7/c1-20-17-31(43)28-19-27-24(25(34(28)36(20)44)13-7-21-8-16-30(42)33(18-21)47-2)14-15-26-35(27)39(46)41(38(26)45)23-11-9-22(10-12-23)37-40-29-5-3-4-6-32(29)48-37/h3-14,16-18,25-27,35,42H,15,19H2,1-2H3/t25-,26-,27+,35-/m0/s1. The first-order valence-corrected chi connectivity index (χ1v) is 15.8. The lowest BCUT2D eigenvalue weighted by atomic mass is 9.60. The highest BCUT2D eigenvalue weighted by Crippen LogP contribution is 2.53. The Kier molecular flexibility index (Phi) is 6.87. The quantitative estimate of drug-likeness (QED) is 0.151. The number of nitrogens with zero attached hydrogens (tertiary/aromatic N) is 2. The SMILES string of the molecule is COc1cc(C=C[C@H]2C3=CC[C@@H]4C(=O)N(c5ccc(-c6nc7ccccc7o6)cc5)C(=O)[C@@H]4[C@@H]3CC3=C2C(=O)C(C)=CC3=O)ccc1O. The molecule has 4 atom stereocenters. The highest BCUT2D eigenvalue weighted by atomic mass is 16.5. The third kappa shape index (κ3) is 4.57. The lowest BCUT2D eigenvalue weighted by molar-refractivity contribution is -0.123. The van der Waals surface area contributed by atoms with Crippen molar-refractivity contribution in [3.8, 4) is 23.0 Å². The molecule has 1 aromatic heterocycles. The van der Waals surface area contributed by atoms with Crippen molar-refractivity contribution in [3.63, 3.8) is 0 Å². The number of rotatable bonds is 5. The van der Waals surface area contributed by atoms with E-state index in [4.69, 9.17) is 9.15 Å². The maximum Gasteiger partial charge on any atom is 0.238 e. The van der Waals surface area contributed by atoms with Crippen molar-refractivity contribution in [1.29, 1.82) is 0 Å². The average molecular weight is 639 g/mol. The molecule has 1 aliphatic heterocycles. The van der Waals surface area contributed by atoms with Crippen LogP contribution in [0, 0.1) is 23.7 Å². The van der Waals surface area contributed by atoms with E-state index in [1.165, 1.54) is 24.2 Å². The van der Waals surface area contributed by atoms with E-state index in [0.717, 1.165) is 16.7 Å². The number of ketones is 2. The van der Waals surface area contributed by atoms with Crippen LogP contribution >= 0.6 is 0 Å². The molecule has 48 heavy (non-hydrogen) atoms. The predicted octanol–water partition coefficient (Wildman–Crippen LogP) is 6.39. The summed E-state index contributed by atoms with van der Waals surface area (Å²) in [6.07, 6.45) is 7.59. The smallest absolute Gasteiger partial charge is 0.238 e. The van der Waals surface area contributed by atoms with Gasteiger partial charge in [-0.15, -0.1) is 0 Å². The van der Waals surface area contributed by atoms with Gasteiger partial charge < -0.3 is 14.3 Å². The molecule has 4 aromatic rings. The number of methoxy groups -OCH3 is 1. The normalized spacial score (nSPS) is 23.8. The molecule has 0 spiro atoms. The average Bonchev–Trinajstić information content (AvgIpc) is 3.64. The molecule has 4 aliphatic rings. The van der Waals surface area contributed by atoms with Gasteiger partial charge in [0.05, 0.1) is 24.6 Å². The van der Waals surface area contributed by atoms with Gasteiger partial charge in [-0.3, -0.25) is 24.1 Å². The number of fused-ring (bicyclic) bond motifs is 4. The van der Waals surface area contributed by atoms with Gasteiger partial charge in [0.1, 0.15) is 5.52 Å². The first-order valence-electron chi connectivity index (χ1n) is 15.8. The van der Waals surface area contributed by atoms with Crippen LogP contribution < -0.4 is 9.64 Å². The van der Waals surface area contributed by atoms with Gasteiger partial charge in [0, 0.05) is 28.2 Å². The summed E-state index contributed by atoms with van der Waals surface area (Å²) < 4.78 is 11.1. The number of phenols is 1. The van der Waals surface area contributed by atoms with E-state index in [1.807, 2.05) is 42.5 Å². The van der Waals surface area contributed by atoms with Gasteiger partial charge in [-0.1, -0.05) is 42.0 Å². The fraction of sp³-hybridized carbons (Fsp3) is 0.205. The molecule has 3 aliphatic carbocycles. The Morgan fingerprint density at radius 3 is 2.54 bits per heavy atom. The van der Waals surface area contributed by atoms with Crippen molar-refractivity contribution < 1.29 is 33.4 Å². The molecular formula is C39H30N2O7. The van der Waals surface area contributed by atoms with E-state index in [-0.39, 0.29) is 35.6 Å². The number of phenolic OH excluding ortho intramolecular Hbond substituents is 1. The Morgan fingerprint density at radius 1 is 0.979 bits per heavy atom. The molecule has 1 saturated heterocycles. The van der Waals surface area contributed by atoms with Crippen molar-refractivity contribution in [3.05, 3.63) is 113 Å². The molecule has 0 radical (unpaired) electrons. The van der Waals surface area contributed by atoms with E-state index < -0.39 is 23.7 Å². The second kappa shape index (κ2) is 11.2. The second-order valence-corrected chi connectivity index (χ2v) is 12.6. The number of carbonyl (C=O) groups excluding carboxylic acids is 4. The summed E-state index contributed by atoms with van der Waals surface area (Å²) in [7, 11) is 1.46. The zero-order chi connectivity index (χ0) is 33.3. The van der Waals surface area contributed by atoms with Crippen molar-refractivity contribution >= 4 is 46.2 Å². The van der Waals surface area contributed by atoms with Crippen LogP contribution in [0.3, 0.4) is 0 Å². The minimum absolute atomic E-state index is 0.00187. The number of carbonyl (C=O) groups is 4.